The fourth-order valence-corrected chi connectivity index (χ4v) is 4.26. The molecule has 2 fully saturated rings. The molecule has 0 aromatic carbocycles. The third-order valence-electron chi connectivity index (χ3n) is 5.88. The molecule has 0 N–H and O–H groups in total. The third-order valence-corrected chi connectivity index (χ3v) is 5.88. The zero-order valence-electron chi connectivity index (χ0n) is 15.5. The van der Waals surface area contributed by atoms with Gasteiger partial charge in [0, 0.05) is 45.3 Å². The van der Waals surface area contributed by atoms with Crippen LogP contribution in [0.4, 0.5) is 0 Å². The highest BCUT2D eigenvalue weighted by atomic mass is 16.2. The molecule has 1 amide bonds. The summed E-state index contributed by atoms with van der Waals surface area (Å²) in [6.45, 7) is 5.50. The van der Waals surface area contributed by atoms with Crippen LogP contribution in [0.3, 0.4) is 0 Å². The van der Waals surface area contributed by atoms with Crippen LogP contribution in [0.25, 0.3) is 0 Å². The third kappa shape index (κ3) is 5.54. The molecule has 25 heavy (non-hydrogen) atoms. The van der Waals surface area contributed by atoms with Crippen molar-refractivity contribution in [1.82, 2.24) is 9.80 Å². The predicted molar refractivity (Wildman–Crippen MR) is 99.1 cm³/mol. The number of rotatable bonds is 7. The lowest BCUT2D eigenvalue weighted by Gasteiger charge is -2.35. The maximum atomic E-state index is 12.6. The van der Waals surface area contributed by atoms with E-state index in [-0.39, 0.29) is 11.6 Å². The first-order valence-corrected chi connectivity index (χ1v) is 10.1. The Morgan fingerprint density at radius 2 is 1.84 bits per heavy atom. The minimum atomic E-state index is -0.330. The van der Waals surface area contributed by atoms with Crippen LogP contribution < -0.4 is 0 Å². The van der Waals surface area contributed by atoms with Gasteiger partial charge in [0.1, 0.15) is 0 Å². The van der Waals surface area contributed by atoms with Crippen molar-refractivity contribution < 1.29 is 4.79 Å². The van der Waals surface area contributed by atoms with Crippen LogP contribution in [0.2, 0.25) is 0 Å². The Bertz CT molecular complexity index is 510. The summed E-state index contributed by atoms with van der Waals surface area (Å²) in [7, 11) is 0. The van der Waals surface area contributed by atoms with E-state index in [0.717, 1.165) is 32.4 Å². The number of carbonyl (C=O) groups is 1. The van der Waals surface area contributed by atoms with Gasteiger partial charge in [-0.05, 0) is 44.7 Å². The van der Waals surface area contributed by atoms with Gasteiger partial charge in [-0.25, -0.2) is 0 Å². The second kappa shape index (κ2) is 8.80. The Balaban J connectivity index is 1.41. The highest BCUT2D eigenvalue weighted by Crippen LogP contribution is 2.37. The van der Waals surface area contributed by atoms with Crippen LogP contribution in [0.5, 0.6) is 0 Å². The standard InChI is InChI=1S/C20H32N4O/c1-2-3-11-20(21-22-20)12-10-19(25)24-15-8-9-18(17-24)16-23-13-6-4-5-7-14-23/h1,18H,3-17H2. The number of piperidine rings is 1. The summed E-state index contributed by atoms with van der Waals surface area (Å²) in [5.41, 5.74) is -0.330. The number of hydrogen-bond donors (Lipinski definition) is 0. The van der Waals surface area contributed by atoms with E-state index >= 15 is 0 Å². The van der Waals surface area contributed by atoms with Gasteiger partial charge in [0.25, 0.3) is 0 Å². The number of hydrogen-bond acceptors (Lipinski definition) is 4. The highest BCUT2D eigenvalue weighted by molar-refractivity contribution is 5.76. The van der Waals surface area contributed by atoms with E-state index in [1.54, 1.807) is 0 Å². The van der Waals surface area contributed by atoms with E-state index in [1.165, 1.54) is 51.7 Å². The van der Waals surface area contributed by atoms with Crippen LogP contribution in [-0.4, -0.2) is 54.1 Å². The highest BCUT2D eigenvalue weighted by Gasteiger charge is 2.39. The van der Waals surface area contributed by atoms with Crippen molar-refractivity contribution in [2.45, 2.75) is 69.9 Å². The van der Waals surface area contributed by atoms with Gasteiger partial charge < -0.3 is 9.80 Å². The molecule has 0 aliphatic carbocycles. The fourth-order valence-electron chi connectivity index (χ4n) is 4.26. The van der Waals surface area contributed by atoms with Gasteiger partial charge in [0.05, 0.1) is 0 Å². The maximum absolute atomic E-state index is 12.6. The number of terminal acetylenes is 1. The summed E-state index contributed by atoms with van der Waals surface area (Å²) < 4.78 is 0. The lowest BCUT2D eigenvalue weighted by Crippen LogP contribution is -2.44. The van der Waals surface area contributed by atoms with E-state index in [0.29, 0.717) is 18.8 Å². The van der Waals surface area contributed by atoms with Crippen molar-refractivity contribution in [3.63, 3.8) is 0 Å². The maximum Gasteiger partial charge on any atom is 0.222 e. The topological polar surface area (TPSA) is 48.3 Å². The molecule has 1 atom stereocenters. The fraction of sp³-hybridized carbons (Fsp3) is 0.850. The lowest BCUT2D eigenvalue weighted by atomic mass is 9.96. The van der Waals surface area contributed by atoms with Crippen LogP contribution in [0.15, 0.2) is 10.2 Å². The van der Waals surface area contributed by atoms with Gasteiger partial charge in [-0.1, -0.05) is 12.8 Å². The van der Waals surface area contributed by atoms with Crippen molar-refractivity contribution in [2.75, 3.05) is 32.7 Å². The van der Waals surface area contributed by atoms with Crippen molar-refractivity contribution in [1.29, 1.82) is 0 Å². The Hall–Kier alpha value is -1.41. The first kappa shape index (κ1) is 18.4. The number of carbonyl (C=O) groups excluding carboxylic acids is 1. The predicted octanol–water partition coefficient (Wildman–Crippen LogP) is 3.46. The van der Waals surface area contributed by atoms with Crippen LogP contribution in [-0.2, 0) is 4.79 Å². The van der Waals surface area contributed by atoms with Gasteiger partial charge >= 0.3 is 0 Å². The Kier molecular flexibility index (Phi) is 6.47. The summed E-state index contributed by atoms with van der Waals surface area (Å²) in [5, 5.41) is 8.28. The van der Waals surface area contributed by atoms with Crippen molar-refractivity contribution in [3.8, 4) is 12.3 Å². The molecule has 0 aromatic heterocycles. The Morgan fingerprint density at radius 1 is 1.08 bits per heavy atom. The Labute approximate surface area is 152 Å². The average Bonchev–Trinajstić information content (AvgIpc) is 3.43. The van der Waals surface area contributed by atoms with Crippen molar-refractivity contribution in [2.24, 2.45) is 16.1 Å². The quantitative estimate of drug-likeness (QED) is 0.664. The molecule has 0 saturated carbocycles. The summed E-state index contributed by atoms with van der Waals surface area (Å²) in [4.78, 5) is 17.3. The molecule has 0 aromatic rings. The first-order chi connectivity index (χ1) is 12.2. The monoisotopic (exact) mass is 344 g/mol. The van der Waals surface area contributed by atoms with Crippen molar-refractivity contribution >= 4 is 5.91 Å². The van der Waals surface area contributed by atoms with Crippen LogP contribution in [0.1, 0.15) is 64.2 Å². The summed E-state index contributed by atoms with van der Waals surface area (Å²) in [6.07, 6.45) is 15.9. The summed E-state index contributed by atoms with van der Waals surface area (Å²) in [5.74, 6) is 3.56. The van der Waals surface area contributed by atoms with Gasteiger partial charge in [0.2, 0.25) is 5.91 Å². The molecule has 0 spiro atoms. The second-order valence-corrected chi connectivity index (χ2v) is 7.95. The molecule has 1 unspecified atom stereocenters. The molecule has 3 aliphatic rings. The minimum Gasteiger partial charge on any atom is -0.342 e. The number of amides is 1. The summed E-state index contributed by atoms with van der Waals surface area (Å²) >= 11 is 0. The molecule has 3 rings (SSSR count). The van der Waals surface area contributed by atoms with Crippen LogP contribution in [0, 0.1) is 18.3 Å². The molecule has 5 nitrogen and oxygen atoms in total. The molecule has 3 aliphatic heterocycles. The second-order valence-electron chi connectivity index (χ2n) is 7.95. The largest absolute Gasteiger partial charge is 0.342 e. The lowest BCUT2D eigenvalue weighted by molar-refractivity contribution is -0.133. The first-order valence-electron chi connectivity index (χ1n) is 10.1. The minimum absolute atomic E-state index is 0.276. The van der Waals surface area contributed by atoms with Crippen molar-refractivity contribution in [3.05, 3.63) is 0 Å². The SMILES string of the molecule is C#CCCC1(CCC(=O)N2CCCC(CN3CCCCCC3)C2)N=N1. The van der Waals surface area contributed by atoms with Crippen LogP contribution >= 0.6 is 0 Å². The number of likely N-dealkylation sites (tertiary alicyclic amines) is 2. The average molecular weight is 345 g/mol. The molecule has 3 heterocycles. The molecular formula is C20H32N4O. The molecule has 5 heteroatoms. The normalized spacial score (nSPS) is 26.0. The van der Waals surface area contributed by atoms with Gasteiger partial charge in [0.15, 0.2) is 5.66 Å². The van der Waals surface area contributed by atoms with Gasteiger partial charge in [-0.2, -0.15) is 10.2 Å². The van der Waals surface area contributed by atoms with E-state index in [1.807, 2.05) is 0 Å². The zero-order chi connectivity index (χ0) is 17.5. The smallest absolute Gasteiger partial charge is 0.222 e. The molecule has 0 bridgehead atoms. The molecule has 0 radical (unpaired) electrons. The molecule has 138 valence electrons. The van der Waals surface area contributed by atoms with E-state index in [2.05, 4.69) is 25.9 Å². The molecule has 2 saturated heterocycles. The number of nitrogens with zero attached hydrogens (tertiary/aromatic N) is 4. The van der Waals surface area contributed by atoms with E-state index in [4.69, 9.17) is 6.42 Å². The summed E-state index contributed by atoms with van der Waals surface area (Å²) in [6, 6.07) is 0. The van der Waals surface area contributed by atoms with E-state index in [9.17, 15) is 4.79 Å². The Morgan fingerprint density at radius 3 is 2.52 bits per heavy atom. The van der Waals surface area contributed by atoms with Gasteiger partial charge in [-0.15, -0.1) is 12.3 Å². The zero-order valence-corrected chi connectivity index (χ0v) is 15.5. The molecular weight excluding hydrogens is 312 g/mol. The van der Waals surface area contributed by atoms with E-state index < -0.39 is 0 Å². The van der Waals surface area contributed by atoms with Gasteiger partial charge in [-0.3, -0.25) is 4.79 Å².